The summed E-state index contributed by atoms with van der Waals surface area (Å²) in [6.07, 6.45) is 1.58. The summed E-state index contributed by atoms with van der Waals surface area (Å²) in [4.78, 5) is 17.3. The summed E-state index contributed by atoms with van der Waals surface area (Å²) in [7, 11) is 0. The van der Waals surface area contributed by atoms with E-state index in [1.54, 1.807) is 10.7 Å². The number of halogens is 2. The van der Waals surface area contributed by atoms with Crippen LogP contribution in [0, 0.1) is 0 Å². The minimum atomic E-state index is -0.341. The molecule has 0 atom stereocenters. The van der Waals surface area contributed by atoms with E-state index in [4.69, 9.17) is 11.6 Å². The van der Waals surface area contributed by atoms with Gasteiger partial charge in [-0.25, -0.2) is 9.67 Å². The number of anilines is 1. The van der Waals surface area contributed by atoms with E-state index in [1.807, 2.05) is 49.4 Å². The van der Waals surface area contributed by atoms with Crippen molar-refractivity contribution in [3.8, 4) is 5.69 Å². The Balaban J connectivity index is 0.00000300. The SMILES string of the molecule is CCCc1nc(C(=O)Nc2ccccc2CNCC)nn1-c1ccccc1Cl.Cl. The lowest BCUT2D eigenvalue weighted by molar-refractivity contribution is 0.101. The van der Waals surface area contributed by atoms with E-state index in [9.17, 15) is 4.79 Å². The average Bonchev–Trinajstić information content (AvgIpc) is 3.12. The monoisotopic (exact) mass is 433 g/mol. The second-order valence-electron chi connectivity index (χ2n) is 6.36. The topological polar surface area (TPSA) is 71.8 Å². The van der Waals surface area contributed by atoms with Crippen LogP contribution in [-0.2, 0) is 13.0 Å². The quantitative estimate of drug-likeness (QED) is 0.541. The van der Waals surface area contributed by atoms with Gasteiger partial charge in [0.15, 0.2) is 0 Å². The van der Waals surface area contributed by atoms with E-state index in [0.29, 0.717) is 29.5 Å². The number of hydrogen-bond donors (Lipinski definition) is 2. The molecule has 0 unspecified atom stereocenters. The highest BCUT2D eigenvalue weighted by molar-refractivity contribution is 6.32. The highest BCUT2D eigenvalue weighted by Crippen LogP contribution is 2.22. The van der Waals surface area contributed by atoms with Crippen LogP contribution in [0.4, 0.5) is 5.69 Å². The van der Waals surface area contributed by atoms with Gasteiger partial charge in [0.1, 0.15) is 5.82 Å². The molecule has 0 saturated heterocycles. The third kappa shape index (κ3) is 5.56. The van der Waals surface area contributed by atoms with E-state index in [-0.39, 0.29) is 24.1 Å². The van der Waals surface area contributed by atoms with Gasteiger partial charge in [-0.2, -0.15) is 0 Å². The number of aromatic nitrogens is 3. The van der Waals surface area contributed by atoms with Gasteiger partial charge in [0.2, 0.25) is 5.82 Å². The Hall–Kier alpha value is -2.41. The van der Waals surface area contributed by atoms with E-state index in [0.717, 1.165) is 24.2 Å². The molecule has 1 aromatic heterocycles. The van der Waals surface area contributed by atoms with Gasteiger partial charge in [0.25, 0.3) is 5.91 Å². The molecule has 3 rings (SSSR count). The molecule has 6 nitrogen and oxygen atoms in total. The third-order valence-corrected chi connectivity index (χ3v) is 4.58. The summed E-state index contributed by atoms with van der Waals surface area (Å²) in [5.74, 6) is 0.496. The molecular weight excluding hydrogens is 409 g/mol. The van der Waals surface area contributed by atoms with Crippen LogP contribution in [-0.4, -0.2) is 27.2 Å². The number of para-hydroxylation sites is 2. The Kier molecular flexibility index (Phi) is 8.64. The molecule has 0 saturated carbocycles. The number of hydrogen-bond acceptors (Lipinski definition) is 4. The van der Waals surface area contributed by atoms with Crippen molar-refractivity contribution in [3.63, 3.8) is 0 Å². The predicted octanol–water partition coefficient (Wildman–Crippen LogP) is 4.66. The molecule has 0 aliphatic heterocycles. The fourth-order valence-electron chi connectivity index (χ4n) is 2.88. The first-order chi connectivity index (χ1) is 13.6. The number of nitrogens with one attached hydrogen (secondary N) is 2. The first-order valence-electron chi connectivity index (χ1n) is 9.44. The zero-order valence-electron chi connectivity index (χ0n) is 16.5. The minimum absolute atomic E-state index is 0. The van der Waals surface area contributed by atoms with Crippen molar-refractivity contribution in [2.75, 3.05) is 11.9 Å². The van der Waals surface area contributed by atoms with Crippen molar-refractivity contribution in [1.29, 1.82) is 0 Å². The van der Waals surface area contributed by atoms with E-state index in [1.165, 1.54) is 0 Å². The van der Waals surface area contributed by atoms with Crippen molar-refractivity contribution >= 4 is 35.6 Å². The Labute approximate surface area is 182 Å². The maximum atomic E-state index is 12.8. The first-order valence-corrected chi connectivity index (χ1v) is 9.82. The van der Waals surface area contributed by atoms with Gasteiger partial charge in [0, 0.05) is 18.7 Å². The number of amides is 1. The zero-order chi connectivity index (χ0) is 19.9. The van der Waals surface area contributed by atoms with Gasteiger partial charge in [-0.05, 0) is 36.7 Å². The first kappa shape index (κ1) is 22.9. The molecular formula is C21H25Cl2N5O. The van der Waals surface area contributed by atoms with Gasteiger partial charge in [-0.1, -0.05) is 55.8 Å². The second kappa shape index (κ2) is 11.0. The summed E-state index contributed by atoms with van der Waals surface area (Å²) in [6, 6.07) is 15.1. The van der Waals surface area contributed by atoms with Crippen molar-refractivity contribution in [1.82, 2.24) is 20.1 Å². The van der Waals surface area contributed by atoms with E-state index >= 15 is 0 Å². The summed E-state index contributed by atoms with van der Waals surface area (Å²) in [5.41, 5.74) is 2.48. The Morgan fingerprint density at radius 1 is 1.10 bits per heavy atom. The number of aryl methyl sites for hydroxylation is 1. The van der Waals surface area contributed by atoms with Crippen molar-refractivity contribution < 1.29 is 4.79 Å². The van der Waals surface area contributed by atoms with Gasteiger partial charge in [0.05, 0.1) is 10.7 Å². The molecule has 2 N–H and O–H groups in total. The largest absolute Gasteiger partial charge is 0.319 e. The average molecular weight is 434 g/mol. The van der Waals surface area contributed by atoms with E-state index < -0.39 is 0 Å². The lowest BCUT2D eigenvalue weighted by Gasteiger charge is -2.10. The van der Waals surface area contributed by atoms with Crippen molar-refractivity contribution in [2.45, 2.75) is 33.2 Å². The molecule has 1 heterocycles. The normalized spacial score (nSPS) is 10.4. The molecule has 0 aliphatic rings. The fraction of sp³-hybridized carbons (Fsp3) is 0.286. The van der Waals surface area contributed by atoms with Gasteiger partial charge < -0.3 is 10.6 Å². The Morgan fingerprint density at radius 2 is 1.83 bits per heavy atom. The standard InChI is InChI=1S/C21H24ClN5O.ClH/c1-3-9-19-25-20(26-27(19)18-13-8-6-11-16(18)22)21(28)24-17-12-7-5-10-15(17)14-23-4-2;/h5-8,10-13,23H,3-4,9,14H2,1-2H3,(H,24,28);1H. The predicted molar refractivity (Wildman–Crippen MR) is 119 cm³/mol. The molecule has 1 amide bonds. The number of benzene rings is 2. The van der Waals surface area contributed by atoms with Crippen LogP contribution in [0.15, 0.2) is 48.5 Å². The molecule has 0 spiro atoms. The number of rotatable bonds is 8. The number of carbonyl (C=O) groups excluding carboxylic acids is 1. The fourth-order valence-corrected chi connectivity index (χ4v) is 3.09. The molecule has 154 valence electrons. The second-order valence-corrected chi connectivity index (χ2v) is 6.76. The van der Waals surface area contributed by atoms with Crippen LogP contribution in [0.25, 0.3) is 5.69 Å². The van der Waals surface area contributed by atoms with Gasteiger partial charge in [-0.15, -0.1) is 17.5 Å². The molecule has 3 aromatic rings. The third-order valence-electron chi connectivity index (χ3n) is 4.26. The molecule has 0 fully saturated rings. The van der Waals surface area contributed by atoms with Crippen LogP contribution in [0.3, 0.4) is 0 Å². The molecule has 2 aromatic carbocycles. The minimum Gasteiger partial charge on any atom is -0.319 e. The zero-order valence-corrected chi connectivity index (χ0v) is 18.1. The number of carbonyl (C=O) groups is 1. The number of nitrogens with zero attached hydrogens (tertiary/aromatic N) is 3. The summed E-state index contributed by atoms with van der Waals surface area (Å²) >= 11 is 6.32. The molecule has 8 heteroatoms. The van der Waals surface area contributed by atoms with Crippen LogP contribution in [0.2, 0.25) is 5.02 Å². The Bertz CT molecular complexity index is 958. The van der Waals surface area contributed by atoms with Crippen molar-refractivity contribution in [3.05, 3.63) is 70.8 Å². The lowest BCUT2D eigenvalue weighted by atomic mass is 10.1. The highest BCUT2D eigenvalue weighted by atomic mass is 35.5. The molecule has 0 aliphatic carbocycles. The van der Waals surface area contributed by atoms with Crippen LogP contribution in [0.5, 0.6) is 0 Å². The van der Waals surface area contributed by atoms with Crippen LogP contribution < -0.4 is 10.6 Å². The van der Waals surface area contributed by atoms with Crippen LogP contribution in [0.1, 0.15) is 42.3 Å². The van der Waals surface area contributed by atoms with Gasteiger partial charge in [-0.3, -0.25) is 4.79 Å². The maximum absolute atomic E-state index is 12.8. The molecule has 0 bridgehead atoms. The molecule has 29 heavy (non-hydrogen) atoms. The maximum Gasteiger partial charge on any atom is 0.295 e. The van der Waals surface area contributed by atoms with E-state index in [2.05, 4.69) is 27.6 Å². The highest BCUT2D eigenvalue weighted by Gasteiger charge is 2.19. The molecule has 0 radical (unpaired) electrons. The Morgan fingerprint density at radius 3 is 2.55 bits per heavy atom. The van der Waals surface area contributed by atoms with Crippen molar-refractivity contribution in [2.24, 2.45) is 0 Å². The summed E-state index contributed by atoms with van der Waals surface area (Å²) < 4.78 is 1.66. The van der Waals surface area contributed by atoms with Crippen LogP contribution >= 0.6 is 24.0 Å². The summed E-state index contributed by atoms with van der Waals surface area (Å²) in [6.45, 7) is 5.63. The smallest absolute Gasteiger partial charge is 0.295 e. The summed E-state index contributed by atoms with van der Waals surface area (Å²) in [5, 5.41) is 11.2. The lowest BCUT2D eigenvalue weighted by Crippen LogP contribution is -2.18. The van der Waals surface area contributed by atoms with Gasteiger partial charge >= 0.3 is 0 Å².